The molecule has 3 atom stereocenters. The maximum absolute atomic E-state index is 14.3. The summed E-state index contributed by atoms with van der Waals surface area (Å²) in [5, 5.41) is 8.21. The predicted octanol–water partition coefficient (Wildman–Crippen LogP) is 4.42. The lowest BCUT2D eigenvalue weighted by molar-refractivity contribution is -0.138. The Hall–Kier alpha value is -4.33. The van der Waals surface area contributed by atoms with E-state index in [2.05, 4.69) is 52.8 Å². The third-order valence-corrected chi connectivity index (χ3v) is 9.45. The molecule has 4 aromatic rings. The third-order valence-electron chi connectivity index (χ3n) is 9.00. The Morgan fingerprint density at radius 2 is 1.94 bits per heavy atom. The number of aryl methyl sites for hydroxylation is 1. The third kappa shape index (κ3) is 6.47. The molecule has 0 radical (unpaired) electrons. The van der Waals surface area contributed by atoms with E-state index in [0.29, 0.717) is 40.1 Å². The van der Waals surface area contributed by atoms with Gasteiger partial charge in [-0.15, -0.1) is 6.58 Å². The molecule has 4 heterocycles. The van der Waals surface area contributed by atoms with Crippen LogP contribution in [-0.4, -0.2) is 91.5 Å². The number of aromatic nitrogens is 5. The fourth-order valence-corrected chi connectivity index (χ4v) is 7.11. The first kappa shape index (κ1) is 32.6. The van der Waals surface area contributed by atoms with Crippen LogP contribution in [-0.2, 0) is 27.5 Å². The number of benzene rings is 1. The monoisotopic (exact) mass is 700 g/mol. The minimum Gasteiger partial charge on any atom is -0.380 e. The van der Waals surface area contributed by atoms with Crippen LogP contribution < -0.4 is 5.32 Å². The SMILES string of the molecule is C=CCN(C)C[C@@]12C[C@@H](C(=O)Nc3nc(Br)ccc3COC)N(C(=O)Cn3nc(C(C)=O)c4cc(-c5cnc(C)nc5)ccc43)[C@@H]1C2. The van der Waals surface area contributed by atoms with E-state index in [0.717, 1.165) is 29.7 Å². The molecule has 1 aliphatic carbocycles. The van der Waals surface area contributed by atoms with Crippen LogP contribution in [0, 0.1) is 12.3 Å². The number of amides is 2. The average molecular weight is 702 g/mol. The molecular formula is C34H37BrN8O4. The number of piperidine rings is 1. The van der Waals surface area contributed by atoms with Crippen LogP contribution in [0.3, 0.4) is 0 Å². The minimum absolute atomic E-state index is 0.103. The number of carbonyl (C=O) groups excluding carboxylic acids is 3. The molecule has 1 N–H and O–H groups in total. The number of methoxy groups -OCH3 is 1. The van der Waals surface area contributed by atoms with Crippen molar-refractivity contribution in [1.29, 1.82) is 0 Å². The summed E-state index contributed by atoms with van der Waals surface area (Å²) < 4.78 is 7.45. The number of Topliss-reactive ketones (excluding diaryl/α,β-unsaturated/α-hetero) is 1. The van der Waals surface area contributed by atoms with Crippen molar-refractivity contribution in [3.8, 4) is 11.1 Å². The summed E-state index contributed by atoms with van der Waals surface area (Å²) in [6.45, 7) is 8.71. The van der Waals surface area contributed by atoms with Crippen LogP contribution >= 0.6 is 15.9 Å². The molecule has 13 heteroatoms. The van der Waals surface area contributed by atoms with E-state index in [1.165, 1.54) is 6.92 Å². The summed E-state index contributed by atoms with van der Waals surface area (Å²) in [7, 11) is 3.60. The Bertz CT molecular complexity index is 1880. The topological polar surface area (TPSA) is 135 Å². The molecule has 47 heavy (non-hydrogen) atoms. The van der Waals surface area contributed by atoms with Gasteiger partial charge in [0.1, 0.15) is 34.5 Å². The van der Waals surface area contributed by atoms with Gasteiger partial charge >= 0.3 is 0 Å². The van der Waals surface area contributed by atoms with Gasteiger partial charge in [0.15, 0.2) is 5.78 Å². The molecule has 1 aromatic carbocycles. The summed E-state index contributed by atoms with van der Waals surface area (Å²) in [6.07, 6.45) is 6.64. The van der Waals surface area contributed by atoms with E-state index in [1.807, 2.05) is 44.3 Å². The largest absolute Gasteiger partial charge is 0.380 e. The van der Waals surface area contributed by atoms with Gasteiger partial charge in [0.05, 0.1) is 12.1 Å². The van der Waals surface area contributed by atoms with E-state index in [4.69, 9.17) is 4.74 Å². The molecule has 6 rings (SSSR count). The highest BCUT2D eigenvalue weighted by Gasteiger charge is 2.67. The van der Waals surface area contributed by atoms with Gasteiger partial charge in [0, 0.05) is 67.5 Å². The number of likely N-dealkylation sites (tertiary alicyclic amines) is 1. The lowest BCUT2D eigenvalue weighted by atomic mass is 9.98. The molecule has 12 nitrogen and oxygen atoms in total. The fraction of sp³-hybridized carbons (Fsp3) is 0.382. The summed E-state index contributed by atoms with van der Waals surface area (Å²) in [4.78, 5) is 57.9. The van der Waals surface area contributed by atoms with Crippen molar-refractivity contribution in [2.24, 2.45) is 5.41 Å². The lowest BCUT2D eigenvalue weighted by Crippen LogP contribution is -2.47. The smallest absolute Gasteiger partial charge is 0.248 e. The summed E-state index contributed by atoms with van der Waals surface area (Å²) in [6, 6.07) is 8.45. The quantitative estimate of drug-likeness (QED) is 0.129. The van der Waals surface area contributed by atoms with Crippen molar-refractivity contribution in [2.75, 3.05) is 32.6 Å². The molecule has 3 aromatic heterocycles. The number of anilines is 1. The number of fused-ring (bicyclic) bond motifs is 2. The molecule has 2 aliphatic rings. The number of pyridine rings is 1. The second kappa shape index (κ2) is 13.1. The first-order valence-electron chi connectivity index (χ1n) is 15.4. The highest BCUT2D eigenvalue weighted by Crippen LogP contribution is 2.60. The van der Waals surface area contributed by atoms with Crippen molar-refractivity contribution in [1.82, 2.24) is 34.5 Å². The molecule has 1 saturated heterocycles. The van der Waals surface area contributed by atoms with Gasteiger partial charge in [-0.3, -0.25) is 19.1 Å². The number of nitrogens with one attached hydrogen (secondary N) is 1. The molecule has 244 valence electrons. The van der Waals surface area contributed by atoms with E-state index in [9.17, 15) is 14.4 Å². The number of ether oxygens (including phenoxy) is 1. The Kier molecular flexibility index (Phi) is 9.05. The van der Waals surface area contributed by atoms with Crippen LogP contribution in [0.5, 0.6) is 0 Å². The van der Waals surface area contributed by atoms with Gasteiger partial charge in [-0.1, -0.05) is 18.2 Å². The number of rotatable bonds is 12. The zero-order chi connectivity index (χ0) is 33.5. The van der Waals surface area contributed by atoms with Crippen LogP contribution in [0.1, 0.15) is 41.6 Å². The van der Waals surface area contributed by atoms with E-state index in [-0.39, 0.29) is 47.9 Å². The Balaban J connectivity index is 1.31. The first-order chi connectivity index (χ1) is 22.5. The van der Waals surface area contributed by atoms with Crippen molar-refractivity contribution >= 4 is 50.2 Å². The molecule has 0 bridgehead atoms. The highest BCUT2D eigenvalue weighted by atomic mass is 79.9. The average Bonchev–Trinajstić information content (AvgIpc) is 3.43. The van der Waals surface area contributed by atoms with Crippen molar-refractivity contribution in [3.05, 3.63) is 77.1 Å². The van der Waals surface area contributed by atoms with E-state index in [1.54, 1.807) is 35.2 Å². The maximum Gasteiger partial charge on any atom is 0.248 e. The van der Waals surface area contributed by atoms with Gasteiger partial charge in [0.25, 0.3) is 0 Å². The summed E-state index contributed by atoms with van der Waals surface area (Å²) in [5.41, 5.74) is 3.08. The van der Waals surface area contributed by atoms with Crippen molar-refractivity contribution < 1.29 is 19.1 Å². The van der Waals surface area contributed by atoms with Crippen molar-refractivity contribution in [3.63, 3.8) is 0 Å². The van der Waals surface area contributed by atoms with Gasteiger partial charge < -0.3 is 19.9 Å². The maximum atomic E-state index is 14.3. The molecular weight excluding hydrogens is 664 g/mol. The van der Waals surface area contributed by atoms with E-state index >= 15 is 0 Å². The van der Waals surface area contributed by atoms with Gasteiger partial charge in [-0.2, -0.15) is 5.10 Å². The van der Waals surface area contributed by atoms with Gasteiger partial charge in [-0.05, 0) is 66.5 Å². The second-order valence-corrected chi connectivity index (χ2v) is 13.3. The van der Waals surface area contributed by atoms with Crippen LogP contribution in [0.25, 0.3) is 22.0 Å². The molecule has 2 amide bonds. The Morgan fingerprint density at radius 1 is 1.17 bits per heavy atom. The molecule has 0 spiro atoms. The molecule has 0 unspecified atom stereocenters. The number of likely N-dealkylation sites (N-methyl/N-ethyl adjacent to an activating group) is 1. The molecule has 2 fully saturated rings. The number of carbonyl (C=O) groups is 3. The zero-order valence-electron chi connectivity index (χ0n) is 26.9. The Labute approximate surface area is 281 Å². The predicted molar refractivity (Wildman–Crippen MR) is 181 cm³/mol. The fourth-order valence-electron chi connectivity index (χ4n) is 6.80. The summed E-state index contributed by atoms with van der Waals surface area (Å²) >= 11 is 3.39. The lowest BCUT2D eigenvalue weighted by Gasteiger charge is -2.27. The van der Waals surface area contributed by atoms with Gasteiger partial charge in [-0.25, -0.2) is 15.0 Å². The van der Waals surface area contributed by atoms with Gasteiger partial charge in [0.2, 0.25) is 11.8 Å². The zero-order valence-corrected chi connectivity index (χ0v) is 28.5. The first-order valence-corrected chi connectivity index (χ1v) is 16.2. The molecule has 1 aliphatic heterocycles. The number of halogens is 1. The second-order valence-electron chi connectivity index (χ2n) is 12.5. The molecule has 1 saturated carbocycles. The number of hydrogen-bond acceptors (Lipinski definition) is 9. The highest BCUT2D eigenvalue weighted by molar-refractivity contribution is 9.10. The van der Waals surface area contributed by atoms with Crippen LogP contribution in [0.4, 0.5) is 5.82 Å². The van der Waals surface area contributed by atoms with Crippen molar-refractivity contribution in [2.45, 2.75) is 51.9 Å². The number of nitrogens with zero attached hydrogens (tertiary/aromatic N) is 7. The summed E-state index contributed by atoms with van der Waals surface area (Å²) in [5.74, 6) is 0.289. The van der Waals surface area contributed by atoms with Crippen LogP contribution in [0.15, 0.2) is 60.0 Å². The minimum atomic E-state index is -0.711. The number of hydrogen-bond donors (Lipinski definition) is 1. The van der Waals surface area contributed by atoms with E-state index < -0.39 is 6.04 Å². The Morgan fingerprint density at radius 3 is 2.64 bits per heavy atom. The van der Waals surface area contributed by atoms with Crippen LogP contribution in [0.2, 0.25) is 0 Å². The number of ketones is 1. The normalized spacial score (nSPS) is 20.0. The standard InChI is InChI=1S/C34H37BrN8O4/c1-6-11-41(4)19-34-13-27(33(46)39-32-23(18-47-5)8-10-29(35)38-32)43(28(34)14-34)30(45)17-42-26-9-7-22(24-15-36-21(3)37-16-24)12-25(26)31(40-42)20(2)44/h6-10,12,15-16,27-28H,1,11,13-14,17-19H2,2-5H3,(H,38,39,46)/t27-,28+,34-/m0/s1.